The molecule has 2 aromatic rings. The fourth-order valence-electron chi connectivity index (χ4n) is 4.81. The van der Waals surface area contributed by atoms with Crippen molar-refractivity contribution >= 4 is 24.0 Å². The Morgan fingerprint density at radius 2 is 1.39 bits per heavy atom. The number of hydrogen-bond donors (Lipinski definition) is 2. The molecule has 0 bridgehead atoms. The number of rotatable bonds is 5. The molecule has 28 heavy (non-hydrogen) atoms. The van der Waals surface area contributed by atoms with Crippen LogP contribution in [0.4, 0.5) is 5.69 Å². The Balaban J connectivity index is 0.00000225. The molecule has 5 nitrogen and oxygen atoms in total. The Kier molecular flexibility index (Phi) is 6.10. The molecule has 1 amide bonds. The molecule has 2 aliphatic heterocycles. The van der Waals surface area contributed by atoms with Crippen molar-refractivity contribution in [2.45, 2.75) is 24.9 Å². The average molecular weight is 403 g/mol. The number of benzene rings is 2. The summed E-state index contributed by atoms with van der Waals surface area (Å²) in [4.78, 5) is 17.2. The fourth-order valence-corrected chi connectivity index (χ4v) is 4.81. The van der Waals surface area contributed by atoms with Gasteiger partial charge in [0, 0.05) is 25.3 Å². The molecule has 0 aliphatic carbocycles. The Morgan fingerprint density at radius 1 is 0.857 bits per heavy atom. The molecule has 2 aliphatic rings. The molecule has 1 spiro atoms. The monoisotopic (exact) mass is 402 g/mol. The number of aliphatic hydroxyl groups is 2. The summed E-state index contributed by atoms with van der Waals surface area (Å²) in [5.41, 5.74) is 0.509. The zero-order chi connectivity index (χ0) is 18.9. The molecule has 0 saturated carbocycles. The minimum atomic E-state index is -1.08. The van der Waals surface area contributed by atoms with Crippen LogP contribution in [-0.4, -0.2) is 52.9 Å². The second-order valence-corrected chi connectivity index (χ2v) is 7.67. The van der Waals surface area contributed by atoms with Gasteiger partial charge in [-0.2, -0.15) is 0 Å². The smallest absolute Gasteiger partial charge is 0.240 e. The number of anilines is 1. The quantitative estimate of drug-likeness (QED) is 0.754. The lowest BCUT2D eigenvalue weighted by molar-refractivity contribution is -0.164. The lowest BCUT2D eigenvalue weighted by Crippen LogP contribution is -2.82. The van der Waals surface area contributed by atoms with Crippen LogP contribution in [0.1, 0.15) is 18.4 Å². The van der Waals surface area contributed by atoms with Crippen LogP contribution < -0.4 is 4.90 Å². The Bertz CT molecular complexity index is 788. The highest BCUT2D eigenvalue weighted by atomic mass is 35.5. The van der Waals surface area contributed by atoms with E-state index in [0.29, 0.717) is 0 Å². The molecule has 0 aromatic heterocycles. The van der Waals surface area contributed by atoms with E-state index < -0.39 is 11.0 Å². The van der Waals surface area contributed by atoms with E-state index in [1.165, 1.54) is 5.56 Å². The van der Waals surface area contributed by atoms with Crippen molar-refractivity contribution in [1.29, 1.82) is 0 Å². The summed E-state index contributed by atoms with van der Waals surface area (Å²) in [6.45, 7) is 1.90. The van der Waals surface area contributed by atoms with E-state index >= 15 is 0 Å². The molecule has 0 atom stereocenters. The van der Waals surface area contributed by atoms with Crippen LogP contribution in [0.3, 0.4) is 0 Å². The number of piperidine rings is 1. The first-order chi connectivity index (χ1) is 13.2. The first-order valence-corrected chi connectivity index (χ1v) is 9.55. The van der Waals surface area contributed by atoms with E-state index in [1.807, 2.05) is 53.4 Å². The van der Waals surface area contributed by atoms with Crippen LogP contribution in [0.25, 0.3) is 0 Å². The van der Waals surface area contributed by atoms with Gasteiger partial charge in [-0.15, -0.1) is 12.4 Å². The Labute approximate surface area is 172 Å². The van der Waals surface area contributed by atoms with Crippen molar-refractivity contribution in [3.63, 3.8) is 0 Å². The highest BCUT2D eigenvalue weighted by molar-refractivity contribution is 6.08. The van der Waals surface area contributed by atoms with Gasteiger partial charge in [-0.1, -0.05) is 48.5 Å². The van der Waals surface area contributed by atoms with Crippen molar-refractivity contribution in [2.75, 3.05) is 31.2 Å². The number of carbonyl (C=O) groups excluding carboxylic acids is 1. The standard InChI is InChI=1S/C22H26N2O3.ClH/c25-16-21(17-26)20(27)24(19-9-5-2-6-10-19)22(21)11-13-23(14-12-22)15-18-7-3-1-4-8-18;/h1-10,25-26H,11-17H2;1H. The topological polar surface area (TPSA) is 64.0 Å². The lowest BCUT2D eigenvalue weighted by atomic mass is 9.56. The predicted octanol–water partition coefficient (Wildman–Crippen LogP) is 2.46. The van der Waals surface area contributed by atoms with Gasteiger partial charge in [-0.05, 0) is 30.5 Å². The minimum absolute atomic E-state index is 0. The molecule has 6 heteroatoms. The van der Waals surface area contributed by atoms with E-state index in [0.717, 1.165) is 38.2 Å². The predicted molar refractivity (Wildman–Crippen MR) is 111 cm³/mol. The van der Waals surface area contributed by atoms with Crippen LogP contribution in [0, 0.1) is 5.41 Å². The summed E-state index contributed by atoms with van der Waals surface area (Å²) in [5.74, 6) is -0.171. The normalized spacial score (nSPS) is 20.5. The number of nitrogens with zero attached hydrogens (tertiary/aromatic N) is 2. The van der Waals surface area contributed by atoms with Crippen LogP contribution in [0.2, 0.25) is 0 Å². The summed E-state index contributed by atoms with van der Waals surface area (Å²) >= 11 is 0. The third-order valence-corrected chi connectivity index (χ3v) is 6.42. The second kappa shape index (κ2) is 8.21. The molecule has 150 valence electrons. The van der Waals surface area contributed by atoms with Crippen LogP contribution in [-0.2, 0) is 11.3 Å². The molecule has 2 N–H and O–H groups in total. The number of para-hydroxylation sites is 1. The molecule has 2 aromatic carbocycles. The summed E-state index contributed by atoms with van der Waals surface area (Å²) in [6, 6.07) is 20.0. The highest BCUT2D eigenvalue weighted by Crippen LogP contribution is 2.55. The summed E-state index contributed by atoms with van der Waals surface area (Å²) in [7, 11) is 0. The van der Waals surface area contributed by atoms with Gasteiger partial charge in [-0.25, -0.2) is 0 Å². The number of likely N-dealkylation sites (tertiary alicyclic amines) is 1. The lowest BCUT2D eigenvalue weighted by Gasteiger charge is -2.66. The first-order valence-electron chi connectivity index (χ1n) is 9.55. The van der Waals surface area contributed by atoms with Gasteiger partial charge in [0.1, 0.15) is 5.41 Å². The van der Waals surface area contributed by atoms with E-state index in [4.69, 9.17) is 0 Å². The summed E-state index contributed by atoms with van der Waals surface area (Å²) < 4.78 is 0. The van der Waals surface area contributed by atoms with Crippen LogP contribution in [0.15, 0.2) is 60.7 Å². The van der Waals surface area contributed by atoms with Crippen molar-refractivity contribution in [2.24, 2.45) is 5.41 Å². The largest absolute Gasteiger partial charge is 0.395 e. The van der Waals surface area contributed by atoms with Crippen LogP contribution in [0.5, 0.6) is 0 Å². The van der Waals surface area contributed by atoms with Crippen LogP contribution >= 0.6 is 12.4 Å². The zero-order valence-electron chi connectivity index (χ0n) is 15.8. The van der Waals surface area contributed by atoms with E-state index in [-0.39, 0.29) is 31.5 Å². The Morgan fingerprint density at radius 3 is 1.93 bits per heavy atom. The second-order valence-electron chi connectivity index (χ2n) is 7.67. The minimum Gasteiger partial charge on any atom is -0.395 e. The number of aliphatic hydroxyl groups excluding tert-OH is 2. The molecule has 0 unspecified atom stereocenters. The first kappa shape index (κ1) is 20.8. The van der Waals surface area contributed by atoms with Crippen molar-refractivity contribution in [3.8, 4) is 0 Å². The summed E-state index contributed by atoms with van der Waals surface area (Å²) in [6.07, 6.45) is 1.48. The van der Waals surface area contributed by atoms with Gasteiger partial charge in [-0.3, -0.25) is 9.69 Å². The summed E-state index contributed by atoms with van der Waals surface area (Å²) in [5, 5.41) is 20.1. The molecule has 2 saturated heterocycles. The fraction of sp³-hybridized carbons (Fsp3) is 0.409. The van der Waals surface area contributed by atoms with E-state index in [2.05, 4.69) is 17.0 Å². The number of amides is 1. The number of halogens is 1. The maximum absolute atomic E-state index is 13.0. The average Bonchev–Trinajstić information content (AvgIpc) is 2.72. The van der Waals surface area contributed by atoms with Gasteiger partial charge < -0.3 is 15.1 Å². The van der Waals surface area contributed by atoms with Crippen molar-refractivity contribution < 1.29 is 15.0 Å². The number of hydrogen-bond acceptors (Lipinski definition) is 4. The highest BCUT2D eigenvalue weighted by Gasteiger charge is 2.71. The Hall–Kier alpha value is -1.92. The van der Waals surface area contributed by atoms with Crippen molar-refractivity contribution in [1.82, 2.24) is 4.90 Å². The third-order valence-electron chi connectivity index (χ3n) is 6.42. The maximum Gasteiger partial charge on any atom is 0.240 e. The molecular weight excluding hydrogens is 376 g/mol. The molecule has 4 rings (SSSR count). The van der Waals surface area contributed by atoms with E-state index in [1.54, 1.807) is 0 Å². The van der Waals surface area contributed by atoms with Gasteiger partial charge in [0.05, 0.1) is 18.8 Å². The molecular formula is C22H27ClN2O3. The van der Waals surface area contributed by atoms with Gasteiger partial charge in [0.15, 0.2) is 0 Å². The zero-order valence-corrected chi connectivity index (χ0v) is 16.6. The molecule has 2 fully saturated rings. The van der Waals surface area contributed by atoms with Gasteiger partial charge in [0.25, 0.3) is 0 Å². The van der Waals surface area contributed by atoms with Crippen molar-refractivity contribution in [3.05, 3.63) is 66.2 Å². The van der Waals surface area contributed by atoms with Gasteiger partial charge in [0.2, 0.25) is 5.91 Å². The molecule has 0 radical (unpaired) electrons. The molecule has 2 heterocycles. The maximum atomic E-state index is 13.0. The number of carbonyl (C=O) groups is 1. The van der Waals surface area contributed by atoms with E-state index in [9.17, 15) is 15.0 Å². The number of β-lactam (4-membered cyclic amide) rings is 1. The third kappa shape index (κ3) is 3.03. The van der Waals surface area contributed by atoms with Gasteiger partial charge >= 0.3 is 0 Å². The SMILES string of the molecule is Cl.O=C1N(c2ccccc2)C2(CCN(Cc3ccccc3)CC2)C1(CO)CO.